The first-order valence-corrected chi connectivity index (χ1v) is 6.82. The van der Waals surface area contributed by atoms with E-state index in [2.05, 4.69) is 4.29 Å². The highest BCUT2D eigenvalue weighted by molar-refractivity contribution is 7.45. The summed E-state index contributed by atoms with van der Waals surface area (Å²) in [7, 11) is -4.64. The highest BCUT2D eigenvalue weighted by Gasteiger charge is 2.19. The lowest BCUT2D eigenvalue weighted by molar-refractivity contribution is -0.135. The van der Waals surface area contributed by atoms with E-state index < -0.39 is 13.8 Å². The number of phosphoric acid groups is 1. The molecule has 6 nitrogen and oxygen atoms in total. The Bertz CT molecular complexity index is 396. The molecule has 0 saturated carbocycles. The van der Waals surface area contributed by atoms with Crippen molar-refractivity contribution in [3.8, 4) is 0 Å². The molecule has 1 rings (SSSR count). The molecule has 3 N–H and O–H groups in total. The Kier molecular flexibility index (Phi) is 7.82. The van der Waals surface area contributed by atoms with Crippen molar-refractivity contribution < 1.29 is 28.3 Å². The lowest BCUT2D eigenvalue weighted by atomic mass is 9.97. The maximum absolute atomic E-state index is 11.2. The van der Waals surface area contributed by atoms with Gasteiger partial charge in [0.1, 0.15) is 11.9 Å². The van der Waals surface area contributed by atoms with Crippen LogP contribution in [0.3, 0.4) is 0 Å². The number of carbonyl (C=O) groups is 1. The van der Waals surface area contributed by atoms with E-state index in [0.29, 0.717) is 6.42 Å². The van der Waals surface area contributed by atoms with E-state index in [1.165, 1.54) is 0 Å². The fourth-order valence-corrected chi connectivity index (χ4v) is 1.39. The molecule has 0 fully saturated rings. The summed E-state index contributed by atoms with van der Waals surface area (Å²) >= 11 is 5.03. The van der Waals surface area contributed by atoms with Gasteiger partial charge in [0.15, 0.2) is 0 Å². The van der Waals surface area contributed by atoms with Crippen LogP contribution < -0.4 is 0 Å². The zero-order chi connectivity index (χ0) is 14.2. The Hall–Kier alpha value is -0.910. The average molecular weight is 297 g/mol. The predicted octanol–water partition coefficient (Wildman–Crippen LogP) is 1.95. The summed E-state index contributed by atoms with van der Waals surface area (Å²) in [5.41, 5.74) is 0.940. The fourth-order valence-electron chi connectivity index (χ4n) is 1.28. The average Bonchev–Trinajstić information content (AvgIpc) is 2.29. The lowest BCUT2D eigenvalue weighted by Gasteiger charge is -2.10. The molecule has 8 heteroatoms. The van der Waals surface area contributed by atoms with Crippen LogP contribution in [0.5, 0.6) is 0 Å². The molecule has 0 saturated heterocycles. The van der Waals surface area contributed by atoms with Crippen molar-refractivity contribution in [1.29, 1.82) is 0 Å². The minimum atomic E-state index is -4.64. The smallest absolute Gasteiger partial charge is 0.347 e. The van der Waals surface area contributed by atoms with Crippen molar-refractivity contribution >= 4 is 25.7 Å². The molecule has 18 heavy (non-hydrogen) atoms. The van der Waals surface area contributed by atoms with E-state index in [-0.39, 0.29) is 5.92 Å². The number of benzene rings is 1. The van der Waals surface area contributed by atoms with Crippen molar-refractivity contribution in [2.45, 2.75) is 19.3 Å². The maximum atomic E-state index is 11.2. The van der Waals surface area contributed by atoms with Crippen LogP contribution in [0.1, 0.15) is 24.8 Å². The number of hydrogen-bond acceptors (Lipinski definition) is 3. The third kappa shape index (κ3) is 8.22. The van der Waals surface area contributed by atoms with Gasteiger partial charge in [0.2, 0.25) is 0 Å². The highest BCUT2D eigenvalue weighted by atomic mass is 35.5. The van der Waals surface area contributed by atoms with Gasteiger partial charge in [-0.1, -0.05) is 37.3 Å². The second-order valence-electron chi connectivity index (χ2n) is 3.28. The van der Waals surface area contributed by atoms with Gasteiger partial charge >= 0.3 is 13.8 Å². The molecule has 1 atom stereocenters. The third-order valence-electron chi connectivity index (χ3n) is 1.97. The highest BCUT2D eigenvalue weighted by Crippen LogP contribution is 2.25. The molecule has 0 aromatic heterocycles. The normalized spacial score (nSPS) is 12.1. The summed E-state index contributed by atoms with van der Waals surface area (Å²) in [6, 6.07) is 9.46. The fraction of sp³-hybridized carbons (Fsp3) is 0.300. The Balaban J connectivity index is 0.000000494. The number of hydrogen-bond donors (Lipinski definition) is 3. The van der Waals surface area contributed by atoms with Gasteiger partial charge in [-0.3, -0.25) is 0 Å². The lowest BCUT2D eigenvalue weighted by Crippen LogP contribution is -2.11. The van der Waals surface area contributed by atoms with Crippen molar-refractivity contribution in [2.75, 3.05) is 0 Å². The first kappa shape index (κ1) is 17.1. The molecule has 0 heterocycles. The Morgan fingerprint density at radius 2 is 1.78 bits per heavy atom. The second kappa shape index (κ2) is 8.24. The molecule has 0 aliphatic carbocycles. The summed E-state index contributed by atoms with van der Waals surface area (Å²) in [6.07, 6.45) is 0.690. The second-order valence-corrected chi connectivity index (χ2v) is 4.46. The van der Waals surface area contributed by atoms with Gasteiger partial charge in [0.25, 0.3) is 0 Å². The number of rotatable bonds is 3. The van der Waals surface area contributed by atoms with Crippen LogP contribution in [0.15, 0.2) is 30.3 Å². The van der Waals surface area contributed by atoms with Crippen molar-refractivity contribution in [3.05, 3.63) is 35.9 Å². The zero-order valence-corrected chi connectivity index (χ0v) is 11.2. The van der Waals surface area contributed by atoms with Gasteiger partial charge in [-0.25, -0.2) is 9.36 Å². The predicted molar refractivity (Wildman–Crippen MR) is 65.7 cm³/mol. The monoisotopic (exact) mass is 296 g/mol. The van der Waals surface area contributed by atoms with Crippen LogP contribution in [0, 0.1) is 0 Å². The molecule has 102 valence electrons. The Labute approximate surface area is 110 Å². The van der Waals surface area contributed by atoms with Crippen molar-refractivity contribution in [3.63, 3.8) is 0 Å². The SMILES string of the molecule is CCC(C(=O)OCl)c1ccccc1.O=P(O)(O)O. The molecular weight excluding hydrogens is 283 g/mol. The van der Waals surface area contributed by atoms with Gasteiger partial charge in [-0.15, -0.1) is 0 Å². The van der Waals surface area contributed by atoms with Crippen LogP contribution in [0.4, 0.5) is 0 Å². The van der Waals surface area contributed by atoms with Gasteiger partial charge < -0.3 is 19.0 Å². The number of carbonyl (C=O) groups excluding carboxylic acids is 1. The summed E-state index contributed by atoms with van der Waals surface area (Å²) in [5.74, 6) is -0.644. The molecule has 0 spiro atoms. The molecule has 0 radical (unpaired) electrons. The van der Waals surface area contributed by atoms with Gasteiger partial charge in [0, 0.05) is 0 Å². The van der Waals surface area contributed by atoms with E-state index in [4.69, 9.17) is 31.1 Å². The van der Waals surface area contributed by atoms with E-state index in [0.717, 1.165) is 5.56 Å². The Morgan fingerprint density at radius 3 is 2.11 bits per heavy atom. The minimum Gasteiger partial charge on any atom is -0.347 e. The van der Waals surface area contributed by atoms with E-state index in [1.807, 2.05) is 37.3 Å². The van der Waals surface area contributed by atoms with Crippen LogP contribution in [-0.4, -0.2) is 20.6 Å². The summed E-state index contributed by atoms with van der Waals surface area (Å²) in [5, 5.41) is 0. The summed E-state index contributed by atoms with van der Waals surface area (Å²) < 4.78 is 13.1. The molecule has 0 aliphatic rings. The summed E-state index contributed by atoms with van der Waals surface area (Å²) in [6.45, 7) is 1.92. The maximum Gasteiger partial charge on any atom is 0.466 e. The Morgan fingerprint density at radius 1 is 1.33 bits per heavy atom. The molecule has 1 aromatic rings. The van der Waals surface area contributed by atoms with E-state index >= 15 is 0 Å². The van der Waals surface area contributed by atoms with Crippen LogP contribution in [0.25, 0.3) is 0 Å². The van der Waals surface area contributed by atoms with Crippen LogP contribution in [-0.2, 0) is 13.6 Å². The quantitative estimate of drug-likeness (QED) is 0.736. The number of halogens is 1. The topological polar surface area (TPSA) is 104 Å². The van der Waals surface area contributed by atoms with Crippen LogP contribution >= 0.6 is 19.7 Å². The largest absolute Gasteiger partial charge is 0.466 e. The molecule has 1 aromatic carbocycles. The zero-order valence-electron chi connectivity index (χ0n) is 9.56. The molecule has 0 aliphatic heterocycles. The van der Waals surface area contributed by atoms with Gasteiger partial charge in [0.05, 0.1) is 5.92 Å². The van der Waals surface area contributed by atoms with Crippen molar-refractivity contribution in [2.24, 2.45) is 0 Å². The molecule has 0 bridgehead atoms. The third-order valence-corrected chi connectivity index (χ3v) is 2.12. The molecule has 0 amide bonds. The van der Waals surface area contributed by atoms with E-state index in [1.54, 1.807) is 0 Å². The standard InChI is InChI=1S/C10H11ClO2.H3O4P/c1-2-9(10(12)13-11)8-6-4-3-5-7-8;1-5(2,3)4/h3-7,9H,2H2,1H3;(H3,1,2,3,4). The van der Waals surface area contributed by atoms with Gasteiger partial charge in [-0.05, 0) is 12.0 Å². The van der Waals surface area contributed by atoms with Crippen LogP contribution in [0.2, 0.25) is 0 Å². The first-order valence-electron chi connectivity index (χ1n) is 4.95. The summed E-state index contributed by atoms with van der Waals surface area (Å²) in [4.78, 5) is 32.8. The molecule has 1 unspecified atom stereocenters. The van der Waals surface area contributed by atoms with Gasteiger partial charge in [-0.2, -0.15) is 0 Å². The first-order chi connectivity index (χ1) is 8.29. The van der Waals surface area contributed by atoms with E-state index in [9.17, 15) is 4.79 Å². The van der Waals surface area contributed by atoms with Crippen molar-refractivity contribution in [1.82, 2.24) is 0 Å². The minimum absolute atomic E-state index is 0.251. The molecular formula is C10H14ClO6P.